The Bertz CT molecular complexity index is 148. The summed E-state index contributed by atoms with van der Waals surface area (Å²) in [5, 5.41) is 12.6. The summed E-state index contributed by atoms with van der Waals surface area (Å²) in [7, 11) is 0. The van der Waals surface area contributed by atoms with Crippen molar-refractivity contribution in [2.45, 2.75) is 32.2 Å². The highest BCUT2D eigenvalue weighted by Gasteiger charge is 2.27. The van der Waals surface area contributed by atoms with Gasteiger partial charge in [-0.1, -0.05) is 0 Å². The van der Waals surface area contributed by atoms with Crippen molar-refractivity contribution >= 4 is 0 Å². The van der Waals surface area contributed by atoms with Crippen LogP contribution in [0.25, 0.3) is 0 Å². The van der Waals surface area contributed by atoms with Crippen LogP contribution in [0.1, 0.15) is 26.7 Å². The molecule has 3 heteroatoms. The fourth-order valence-electron chi connectivity index (χ4n) is 1.19. The Kier molecular flexibility index (Phi) is 4.16. The summed E-state index contributed by atoms with van der Waals surface area (Å²) in [6.07, 6.45) is 2.67. The van der Waals surface area contributed by atoms with Crippen molar-refractivity contribution in [1.82, 2.24) is 5.32 Å². The lowest BCUT2D eigenvalue weighted by molar-refractivity contribution is 0.0501. The van der Waals surface area contributed by atoms with E-state index in [1.165, 1.54) is 12.8 Å². The summed E-state index contributed by atoms with van der Waals surface area (Å²) in [6, 6.07) is 0. The molecule has 0 amide bonds. The van der Waals surface area contributed by atoms with Gasteiger partial charge in [0, 0.05) is 6.61 Å². The summed E-state index contributed by atoms with van der Waals surface area (Å²) in [5.41, 5.74) is -0.251. The highest BCUT2D eigenvalue weighted by Crippen LogP contribution is 2.28. The molecule has 0 radical (unpaired) electrons. The highest BCUT2D eigenvalue weighted by molar-refractivity contribution is 4.86. The summed E-state index contributed by atoms with van der Waals surface area (Å²) in [6.45, 7) is 6.43. The number of aliphatic hydroxyl groups excluding tert-OH is 1. The molecule has 1 fully saturated rings. The van der Waals surface area contributed by atoms with Crippen LogP contribution in [-0.4, -0.2) is 37.0 Å². The van der Waals surface area contributed by atoms with Crippen molar-refractivity contribution in [3.05, 3.63) is 0 Å². The van der Waals surface area contributed by atoms with Crippen molar-refractivity contribution in [3.63, 3.8) is 0 Å². The summed E-state index contributed by atoms with van der Waals surface area (Å²) in [4.78, 5) is 0. The normalized spacial score (nSPS) is 21.5. The maximum atomic E-state index is 9.20. The predicted molar refractivity (Wildman–Crippen MR) is 52.7 cm³/mol. The Morgan fingerprint density at radius 1 is 1.54 bits per heavy atom. The molecule has 2 N–H and O–H groups in total. The molecular formula is C10H21NO2. The molecular weight excluding hydrogens is 166 g/mol. The molecule has 0 heterocycles. The van der Waals surface area contributed by atoms with E-state index < -0.39 is 0 Å². The van der Waals surface area contributed by atoms with Crippen molar-refractivity contribution in [2.75, 3.05) is 26.4 Å². The van der Waals surface area contributed by atoms with E-state index in [1.807, 2.05) is 13.8 Å². The second kappa shape index (κ2) is 4.94. The van der Waals surface area contributed by atoms with Crippen LogP contribution in [0.3, 0.4) is 0 Å². The fraction of sp³-hybridized carbons (Fsp3) is 1.00. The average molecular weight is 187 g/mol. The maximum absolute atomic E-state index is 9.20. The zero-order valence-corrected chi connectivity index (χ0v) is 8.68. The van der Waals surface area contributed by atoms with Crippen LogP contribution in [0, 0.1) is 5.92 Å². The van der Waals surface area contributed by atoms with Crippen molar-refractivity contribution < 1.29 is 9.84 Å². The van der Waals surface area contributed by atoms with Crippen LogP contribution >= 0.6 is 0 Å². The largest absolute Gasteiger partial charge is 0.394 e. The van der Waals surface area contributed by atoms with Gasteiger partial charge in [0.05, 0.1) is 18.8 Å². The van der Waals surface area contributed by atoms with E-state index in [4.69, 9.17) is 4.74 Å². The standard InChI is InChI=1S/C10H21NO2/c1-3-13-8-10(2,7-12)11-6-9-4-5-9/h9,11-12H,3-8H2,1-2H3. The topological polar surface area (TPSA) is 41.5 Å². The molecule has 1 rings (SSSR count). The number of rotatable bonds is 7. The molecule has 1 aliphatic carbocycles. The van der Waals surface area contributed by atoms with Crippen molar-refractivity contribution in [3.8, 4) is 0 Å². The monoisotopic (exact) mass is 187 g/mol. The second-order valence-corrected chi connectivity index (χ2v) is 4.18. The maximum Gasteiger partial charge on any atom is 0.0667 e. The molecule has 1 atom stereocenters. The fourth-order valence-corrected chi connectivity index (χ4v) is 1.19. The number of aliphatic hydroxyl groups is 1. The Morgan fingerprint density at radius 2 is 2.23 bits per heavy atom. The molecule has 0 spiro atoms. The smallest absolute Gasteiger partial charge is 0.0667 e. The van der Waals surface area contributed by atoms with E-state index in [0.29, 0.717) is 13.2 Å². The molecule has 1 unspecified atom stereocenters. The van der Waals surface area contributed by atoms with Crippen molar-refractivity contribution in [1.29, 1.82) is 0 Å². The van der Waals surface area contributed by atoms with Gasteiger partial charge in [0.1, 0.15) is 0 Å². The number of nitrogens with one attached hydrogen (secondary N) is 1. The quantitative estimate of drug-likeness (QED) is 0.618. The number of hydrogen-bond donors (Lipinski definition) is 2. The Hall–Kier alpha value is -0.120. The molecule has 78 valence electrons. The lowest BCUT2D eigenvalue weighted by Crippen LogP contribution is -2.50. The number of hydrogen-bond acceptors (Lipinski definition) is 3. The van der Waals surface area contributed by atoms with Gasteiger partial charge in [-0.15, -0.1) is 0 Å². The van der Waals surface area contributed by atoms with E-state index >= 15 is 0 Å². The van der Waals surface area contributed by atoms with Crippen LogP contribution in [0.5, 0.6) is 0 Å². The minimum Gasteiger partial charge on any atom is -0.394 e. The highest BCUT2D eigenvalue weighted by atomic mass is 16.5. The molecule has 1 saturated carbocycles. The molecule has 13 heavy (non-hydrogen) atoms. The van der Waals surface area contributed by atoms with Gasteiger partial charge in [0.2, 0.25) is 0 Å². The molecule has 0 aromatic rings. The molecule has 1 aliphatic rings. The summed E-state index contributed by atoms with van der Waals surface area (Å²) >= 11 is 0. The van der Waals surface area contributed by atoms with Gasteiger partial charge in [-0.2, -0.15) is 0 Å². The SMILES string of the molecule is CCOCC(C)(CO)NCC1CC1. The second-order valence-electron chi connectivity index (χ2n) is 4.18. The third kappa shape index (κ3) is 4.07. The molecule has 0 aromatic heterocycles. The molecule has 0 saturated heterocycles. The zero-order chi connectivity index (χ0) is 9.73. The van der Waals surface area contributed by atoms with Crippen LogP contribution in [0.4, 0.5) is 0 Å². The molecule has 0 aromatic carbocycles. The summed E-state index contributed by atoms with van der Waals surface area (Å²) < 4.78 is 5.32. The lowest BCUT2D eigenvalue weighted by atomic mass is 10.1. The van der Waals surface area contributed by atoms with Crippen LogP contribution in [-0.2, 0) is 4.74 Å². The van der Waals surface area contributed by atoms with Crippen LogP contribution < -0.4 is 5.32 Å². The first kappa shape index (κ1) is 11.0. The van der Waals surface area contributed by atoms with Gasteiger partial charge >= 0.3 is 0 Å². The third-order valence-corrected chi connectivity index (χ3v) is 2.49. The van der Waals surface area contributed by atoms with E-state index in [2.05, 4.69) is 5.32 Å². The first-order valence-electron chi connectivity index (χ1n) is 5.14. The summed E-state index contributed by atoms with van der Waals surface area (Å²) in [5.74, 6) is 0.840. The van der Waals surface area contributed by atoms with Gasteiger partial charge in [-0.25, -0.2) is 0 Å². The van der Waals surface area contributed by atoms with E-state index in [-0.39, 0.29) is 12.1 Å². The first-order valence-corrected chi connectivity index (χ1v) is 5.14. The molecule has 0 aliphatic heterocycles. The Balaban J connectivity index is 2.19. The Labute approximate surface area is 80.5 Å². The molecule has 3 nitrogen and oxygen atoms in total. The van der Waals surface area contributed by atoms with E-state index in [9.17, 15) is 5.11 Å². The first-order chi connectivity index (χ1) is 6.20. The number of ether oxygens (including phenoxy) is 1. The average Bonchev–Trinajstić information content (AvgIpc) is 2.95. The van der Waals surface area contributed by atoms with Gasteiger partial charge in [0.25, 0.3) is 0 Å². The van der Waals surface area contributed by atoms with Crippen LogP contribution in [0.15, 0.2) is 0 Å². The molecule has 0 bridgehead atoms. The van der Waals surface area contributed by atoms with Crippen molar-refractivity contribution in [2.24, 2.45) is 5.92 Å². The lowest BCUT2D eigenvalue weighted by Gasteiger charge is -2.28. The third-order valence-electron chi connectivity index (χ3n) is 2.49. The van der Waals surface area contributed by atoms with Gasteiger partial charge in [-0.05, 0) is 39.2 Å². The minimum atomic E-state index is -0.251. The minimum absolute atomic E-state index is 0.139. The van der Waals surface area contributed by atoms with Crippen LogP contribution in [0.2, 0.25) is 0 Å². The van der Waals surface area contributed by atoms with E-state index in [0.717, 1.165) is 12.5 Å². The van der Waals surface area contributed by atoms with E-state index in [1.54, 1.807) is 0 Å². The zero-order valence-electron chi connectivity index (χ0n) is 8.68. The Morgan fingerprint density at radius 3 is 2.69 bits per heavy atom. The van der Waals surface area contributed by atoms with Gasteiger partial charge < -0.3 is 15.2 Å². The predicted octanol–water partition coefficient (Wildman–Crippen LogP) is 0.773. The van der Waals surface area contributed by atoms with Gasteiger partial charge in [0.15, 0.2) is 0 Å². The van der Waals surface area contributed by atoms with Gasteiger partial charge in [-0.3, -0.25) is 0 Å².